The second-order valence-electron chi connectivity index (χ2n) is 4.35. The van der Waals surface area contributed by atoms with Crippen LogP contribution in [0.1, 0.15) is 0 Å². The summed E-state index contributed by atoms with van der Waals surface area (Å²) in [6.45, 7) is -0.466. The summed E-state index contributed by atoms with van der Waals surface area (Å²) >= 11 is 0. The van der Waals surface area contributed by atoms with E-state index in [4.69, 9.17) is 5.73 Å². The molecule has 0 spiro atoms. The predicted molar refractivity (Wildman–Crippen MR) is 69.3 cm³/mol. The minimum absolute atomic E-state index is 0.393. The lowest BCUT2D eigenvalue weighted by molar-refractivity contribution is -0.128. The highest BCUT2D eigenvalue weighted by molar-refractivity contribution is 7.89. The van der Waals surface area contributed by atoms with Crippen molar-refractivity contribution in [3.63, 3.8) is 0 Å². The third-order valence-corrected chi connectivity index (χ3v) is 4.41. The molecule has 0 radical (unpaired) electrons. The number of nitrogens with zero attached hydrogens (tertiary/aromatic N) is 2. The number of halogens is 2. The number of hydrogen-bond donors (Lipinski definition) is 1. The summed E-state index contributed by atoms with van der Waals surface area (Å²) in [6.07, 6.45) is 0. The molecular weight excluding hydrogens is 292 g/mol. The highest BCUT2D eigenvalue weighted by Gasteiger charge is 2.27. The van der Waals surface area contributed by atoms with Crippen molar-refractivity contribution < 1.29 is 22.0 Å². The molecule has 0 unspecified atom stereocenters. The number of likely N-dealkylation sites (N-methyl/N-ethyl adjacent to an activating group) is 2. The SMILES string of the molecule is CN(C)C(=O)CN(C)S(=O)(=O)c1cc(N)c(F)cc1F. The molecule has 0 aliphatic rings. The molecular formula is C11H15F2N3O3S. The third-order valence-electron chi connectivity index (χ3n) is 2.60. The van der Waals surface area contributed by atoms with Crippen molar-refractivity contribution in [1.29, 1.82) is 0 Å². The zero-order chi connectivity index (χ0) is 15.7. The Hall–Kier alpha value is -1.74. The first-order chi connectivity index (χ1) is 9.07. The summed E-state index contributed by atoms with van der Waals surface area (Å²) in [6, 6.07) is 1.08. The van der Waals surface area contributed by atoms with Gasteiger partial charge in [-0.3, -0.25) is 4.79 Å². The number of amides is 1. The summed E-state index contributed by atoms with van der Waals surface area (Å²) in [5, 5.41) is 0. The van der Waals surface area contributed by atoms with Gasteiger partial charge in [-0.25, -0.2) is 17.2 Å². The highest BCUT2D eigenvalue weighted by Crippen LogP contribution is 2.23. The number of carbonyl (C=O) groups is 1. The zero-order valence-corrected chi connectivity index (χ0v) is 12.0. The van der Waals surface area contributed by atoms with Crippen molar-refractivity contribution in [3.8, 4) is 0 Å². The molecule has 0 saturated carbocycles. The molecule has 2 N–H and O–H groups in total. The maximum Gasteiger partial charge on any atom is 0.246 e. The maximum atomic E-state index is 13.6. The van der Waals surface area contributed by atoms with E-state index in [0.29, 0.717) is 16.4 Å². The fourth-order valence-corrected chi connectivity index (χ4v) is 2.52. The number of sulfonamides is 1. The van der Waals surface area contributed by atoms with Gasteiger partial charge >= 0.3 is 0 Å². The fraction of sp³-hybridized carbons (Fsp3) is 0.364. The van der Waals surface area contributed by atoms with Crippen LogP contribution in [-0.2, 0) is 14.8 Å². The number of carbonyl (C=O) groups excluding carboxylic acids is 1. The first-order valence-corrected chi connectivity index (χ1v) is 6.92. The molecule has 1 aromatic carbocycles. The van der Waals surface area contributed by atoms with Gasteiger partial charge in [0.1, 0.15) is 16.5 Å². The van der Waals surface area contributed by atoms with Crippen LogP contribution < -0.4 is 5.73 Å². The molecule has 0 fully saturated rings. The molecule has 6 nitrogen and oxygen atoms in total. The Balaban J connectivity index is 3.17. The van der Waals surface area contributed by atoms with Crippen molar-refractivity contribution in [3.05, 3.63) is 23.8 Å². The smallest absolute Gasteiger partial charge is 0.246 e. The molecule has 1 amide bonds. The van der Waals surface area contributed by atoms with Gasteiger partial charge in [-0.05, 0) is 6.07 Å². The Morgan fingerprint density at radius 3 is 2.25 bits per heavy atom. The Kier molecular flexibility index (Phi) is 4.66. The van der Waals surface area contributed by atoms with Crippen LogP contribution in [0.4, 0.5) is 14.5 Å². The van der Waals surface area contributed by atoms with Gasteiger partial charge in [0.25, 0.3) is 0 Å². The van der Waals surface area contributed by atoms with E-state index in [0.717, 1.165) is 7.05 Å². The lowest BCUT2D eigenvalue weighted by Gasteiger charge is -2.19. The number of benzene rings is 1. The van der Waals surface area contributed by atoms with Crippen LogP contribution in [0.3, 0.4) is 0 Å². The molecule has 1 rings (SSSR count). The van der Waals surface area contributed by atoms with E-state index >= 15 is 0 Å². The summed E-state index contributed by atoms with van der Waals surface area (Å²) in [5.74, 6) is -2.79. The largest absolute Gasteiger partial charge is 0.396 e. The Morgan fingerprint density at radius 1 is 1.20 bits per heavy atom. The van der Waals surface area contributed by atoms with Crippen LogP contribution in [0.2, 0.25) is 0 Å². The number of nitrogens with two attached hydrogens (primary N) is 1. The molecule has 1 aromatic rings. The van der Waals surface area contributed by atoms with E-state index in [1.807, 2.05) is 0 Å². The Labute approximate surface area is 115 Å². The van der Waals surface area contributed by atoms with Crippen LogP contribution in [0.5, 0.6) is 0 Å². The molecule has 0 aliphatic heterocycles. The second kappa shape index (κ2) is 5.71. The van der Waals surface area contributed by atoms with Gasteiger partial charge in [0.15, 0.2) is 0 Å². The third kappa shape index (κ3) is 3.23. The van der Waals surface area contributed by atoms with E-state index in [-0.39, 0.29) is 0 Å². The van der Waals surface area contributed by atoms with E-state index in [1.165, 1.54) is 19.0 Å². The quantitative estimate of drug-likeness (QED) is 0.809. The fourth-order valence-electron chi connectivity index (χ4n) is 1.33. The van der Waals surface area contributed by atoms with Crippen LogP contribution in [0.15, 0.2) is 17.0 Å². The molecule has 20 heavy (non-hydrogen) atoms. The minimum atomic E-state index is -4.27. The van der Waals surface area contributed by atoms with Crippen LogP contribution >= 0.6 is 0 Å². The second-order valence-corrected chi connectivity index (χ2v) is 6.37. The molecule has 9 heteroatoms. The van der Waals surface area contributed by atoms with Crippen molar-refractivity contribution in [2.24, 2.45) is 0 Å². The lowest BCUT2D eigenvalue weighted by Crippen LogP contribution is -2.38. The van der Waals surface area contributed by atoms with Gasteiger partial charge in [0.2, 0.25) is 15.9 Å². The van der Waals surface area contributed by atoms with Crippen molar-refractivity contribution in [2.45, 2.75) is 4.90 Å². The summed E-state index contributed by atoms with van der Waals surface area (Å²) < 4.78 is 51.5. The monoisotopic (exact) mass is 307 g/mol. The maximum absolute atomic E-state index is 13.6. The predicted octanol–water partition coefficient (Wildman–Crippen LogP) is 0.256. The first-order valence-electron chi connectivity index (χ1n) is 5.48. The molecule has 112 valence electrons. The molecule has 0 atom stereocenters. The number of hydrogen-bond acceptors (Lipinski definition) is 4. The van der Waals surface area contributed by atoms with Gasteiger partial charge in [-0.15, -0.1) is 0 Å². The Bertz CT molecular complexity index is 632. The molecule has 0 heterocycles. The van der Waals surface area contributed by atoms with E-state index in [1.54, 1.807) is 0 Å². The average Bonchev–Trinajstić information content (AvgIpc) is 2.33. The van der Waals surface area contributed by atoms with Gasteiger partial charge in [0, 0.05) is 27.2 Å². The van der Waals surface area contributed by atoms with Crippen molar-refractivity contribution in [1.82, 2.24) is 9.21 Å². The number of anilines is 1. The van der Waals surface area contributed by atoms with Gasteiger partial charge in [-0.2, -0.15) is 4.31 Å². The van der Waals surface area contributed by atoms with E-state index in [9.17, 15) is 22.0 Å². The topological polar surface area (TPSA) is 83.7 Å². The van der Waals surface area contributed by atoms with Gasteiger partial charge in [-0.1, -0.05) is 0 Å². The zero-order valence-electron chi connectivity index (χ0n) is 11.2. The number of nitrogen functional groups attached to an aromatic ring is 1. The van der Waals surface area contributed by atoms with E-state index in [2.05, 4.69) is 0 Å². The molecule has 0 aliphatic carbocycles. The molecule has 0 bridgehead atoms. The normalized spacial score (nSPS) is 11.7. The number of rotatable bonds is 4. The van der Waals surface area contributed by atoms with Crippen LogP contribution in [-0.4, -0.2) is 51.2 Å². The standard InChI is InChI=1S/C11H15F2N3O3S/c1-15(2)11(17)6-16(3)20(18,19)10-5-9(14)7(12)4-8(10)13/h4-5H,6,14H2,1-3H3. The summed E-state index contributed by atoms with van der Waals surface area (Å²) in [5.41, 5.74) is 4.75. The summed E-state index contributed by atoms with van der Waals surface area (Å²) in [7, 11) is -0.237. The lowest BCUT2D eigenvalue weighted by atomic mass is 10.3. The van der Waals surface area contributed by atoms with Gasteiger partial charge < -0.3 is 10.6 Å². The van der Waals surface area contributed by atoms with Crippen LogP contribution in [0.25, 0.3) is 0 Å². The van der Waals surface area contributed by atoms with Crippen LogP contribution in [0, 0.1) is 11.6 Å². The van der Waals surface area contributed by atoms with Gasteiger partial charge in [0.05, 0.1) is 12.2 Å². The van der Waals surface area contributed by atoms with Crippen molar-refractivity contribution >= 4 is 21.6 Å². The first kappa shape index (κ1) is 16.3. The average molecular weight is 307 g/mol. The van der Waals surface area contributed by atoms with E-state index < -0.39 is 44.7 Å². The molecule has 0 aromatic heterocycles. The highest BCUT2D eigenvalue weighted by atomic mass is 32.2. The Morgan fingerprint density at radius 2 is 1.75 bits per heavy atom. The molecule has 0 saturated heterocycles. The summed E-state index contributed by atoms with van der Waals surface area (Å²) in [4.78, 5) is 11.9. The minimum Gasteiger partial charge on any atom is -0.396 e. The van der Waals surface area contributed by atoms with Crippen molar-refractivity contribution in [2.75, 3.05) is 33.4 Å².